The minimum absolute atomic E-state index is 0.312. The number of hydrogen-bond donors (Lipinski definition) is 0. The summed E-state index contributed by atoms with van der Waals surface area (Å²) in [6.45, 7) is 3.90. The summed E-state index contributed by atoms with van der Waals surface area (Å²) in [5.41, 5.74) is -0.138. The smallest absolute Gasteiger partial charge is 0.416 e. The van der Waals surface area contributed by atoms with E-state index in [-0.39, 0.29) is 6.09 Å². The molecule has 0 spiro atoms. The van der Waals surface area contributed by atoms with Gasteiger partial charge in [-0.2, -0.15) is 13.2 Å². The van der Waals surface area contributed by atoms with Crippen molar-refractivity contribution in [3.05, 3.63) is 29.8 Å². The van der Waals surface area contributed by atoms with Gasteiger partial charge in [0.05, 0.1) is 12.2 Å². The van der Waals surface area contributed by atoms with E-state index in [1.807, 2.05) is 4.90 Å². The van der Waals surface area contributed by atoms with Gasteiger partial charge in [0.15, 0.2) is 0 Å². The summed E-state index contributed by atoms with van der Waals surface area (Å²) in [7, 11) is 0. The van der Waals surface area contributed by atoms with Crippen LogP contribution in [0.15, 0.2) is 24.3 Å². The minimum atomic E-state index is -4.34. The van der Waals surface area contributed by atoms with Crippen LogP contribution in [0.1, 0.15) is 12.5 Å². The van der Waals surface area contributed by atoms with Crippen LogP contribution in [-0.4, -0.2) is 43.8 Å². The number of carbonyl (C=O) groups is 1. The molecular formula is C14H17F3N2O2. The van der Waals surface area contributed by atoms with Gasteiger partial charge >= 0.3 is 12.3 Å². The number of halogens is 3. The number of piperazine rings is 1. The first-order chi connectivity index (χ1) is 9.91. The second-order valence-electron chi connectivity index (χ2n) is 4.72. The van der Waals surface area contributed by atoms with Gasteiger partial charge in [0, 0.05) is 31.9 Å². The molecule has 0 saturated carbocycles. The summed E-state index contributed by atoms with van der Waals surface area (Å²) < 4.78 is 43.0. The molecule has 1 fully saturated rings. The van der Waals surface area contributed by atoms with E-state index in [0.29, 0.717) is 38.5 Å². The van der Waals surface area contributed by atoms with Crippen LogP contribution in [-0.2, 0) is 10.9 Å². The van der Waals surface area contributed by atoms with E-state index in [4.69, 9.17) is 4.74 Å². The standard InChI is InChI=1S/C14H17F3N2O2/c1-2-21-13(20)19-8-6-18(7-9-19)12-5-3-4-11(10-12)14(15,16)17/h3-5,10H,2,6-9H2,1H3. The average molecular weight is 302 g/mol. The molecule has 7 heteroatoms. The summed E-state index contributed by atoms with van der Waals surface area (Å²) in [5, 5.41) is 0. The summed E-state index contributed by atoms with van der Waals surface area (Å²) in [4.78, 5) is 15.0. The van der Waals surface area contributed by atoms with Crippen molar-refractivity contribution in [3.63, 3.8) is 0 Å². The lowest BCUT2D eigenvalue weighted by Gasteiger charge is -2.35. The van der Waals surface area contributed by atoms with Crippen LogP contribution < -0.4 is 4.90 Å². The van der Waals surface area contributed by atoms with Crippen molar-refractivity contribution in [3.8, 4) is 0 Å². The van der Waals surface area contributed by atoms with Crippen molar-refractivity contribution in [2.24, 2.45) is 0 Å². The third-order valence-corrected chi connectivity index (χ3v) is 3.34. The van der Waals surface area contributed by atoms with Crippen molar-refractivity contribution in [1.29, 1.82) is 0 Å². The molecule has 1 aromatic rings. The molecule has 1 aliphatic heterocycles. The molecule has 4 nitrogen and oxygen atoms in total. The Labute approximate surface area is 121 Å². The maximum Gasteiger partial charge on any atom is 0.416 e. The molecular weight excluding hydrogens is 285 g/mol. The normalized spacial score (nSPS) is 16.0. The van der Waals surface area contributed by atoms with E-state index >= 15 is 0 Å². The molecule has 1 heterocycles. The Morgan fingerprint density at radius 3 is 2.48 bits per heavy atom. The van der Waals surface area contributed by atoms with Gasteiger partial charge < -0.3 is 14.5 Å². The Bertz CT molecular complexity index is 497. The van der Waals surface area contributed by atoms with Crippen LogP contribution in [0.2, 0.25) is 0 Å². The van der Waals surface area contributed by atoms with Gasteiger partial charge in [-0.25, -0.2) is 4.79 Å². The lowest BCUT2D eigenvalue weighted by molar-refractivity contribution is -0.137. The number of alkyl halides is 3. The first-order valence-corrected chi connectivity index (χ1v) is 6.75. The predicted molar refractivity (Wildman–Crippen MR) is 72.3 cm³/mol. The van der Waals surface area contributed by atoms with Gasteiger partial charge in [-0.05, 0) is 25.1 Å². The quantitative estimate of drug-likeness (QED) is 0.842. The second-order valence-corrected chi connectivity index (χ2v) is 4.72. The fourth-order valence-corrected chi connectivity index (χ4v) is 2.24. The third kappa shape index (κ3) is 3.80. The summed E-state index contributed by atoms with van der Waals surface area (Å²) in [5.74, 6) is 0. The summed E-state index contributed by atoms with van der Waals surface area (Å²) >= 11 is 0. The van der Waals surface area contributed by atoms with E-state index in [1.54, 1.807) is 17.9 Å². The van der Waals surface area contributed by atoms with Crippen LogP contribution in [0, 0.1) is 0 Å². The molecule has 116 valence electrons. The van der Waals surface area contributed by atoms with Crippen LogP contribution in [0.3, 0.4) is 0 Å². The molecule has 1 amide bonds. The highest BCUT2D eigenvalue weighted by molar-refractivity contribution is 5.68. The molecule has 0 bridgehead atoms. The Kier molecular flexibility index (Phi) is 4.59. The molecule has 0 N–H and O–H groups in total. The van der Waals surface area contributed by atoms with E-state index in [2.05, 4.69) is 0 Å². The first kappa shape index (κ1) is 15.5. The van der Waals surface area contributed by atoms with E-state index in [0.717, 1.165) is 12.1 Å². The van der Waals surface area contributed by atoms with Crippen LogP contribution in [0.25, 0.3) is 0 Å². The SMILES string of the molecule is CCOC(=O)N1CCN(c2cccc(C(F)(F)F)c2)CC1. The fraction of sp³-hybridized carbons (Fsp3) is 0.500. The van der Waals surface area contributed by atoms with Crippen molar-refractivity contribution < 1.29 is 22.7 Å². The topological polar surface area (TPSA) is 32.8 Å². The molecule has 1 saturated heterocycles. The van der Waals surface area contributed by atoms with Gasteiger partial charge in [-0.1, -0.05) is 6.07 Å². The van der Waals surface area contributed by atoms with Gasteiger partial charge in [-0.3, -0.25) is 0 Å². The Hall–Kier alpha value is -1.92. The number of anilines is 1. The van der Waals surface area contributed by atoms with Crippen molar-refractivity contribution in [2.45, 2.75) is 13.1 Å². The number of amides is 1. The highest BCUT2D eigenvalue weighted by Crippen LogP contribution is 2.31. The van der Waals surface area contributed by atoms with E-state index in [9.17, 15) is 18.0 Å². The molecule has 0 atom stereocenters. The third-order valence-electron chi connectivity index (χ3n) is 3.34. The molecule has 1 aromatic carbocycles. The van der Waals surface area contributed by atoms with Gasteiger partial charge in [0.25, 0.3) is 0 Å². The van der Waals surface area contributed by atoms with Crippen LogP contribution in [0.5, 0.6) is 0 Å². The van der Waals surface area contributed by atoms with Gasteiger partial charge in [0.2, 0.25) is 0 Å². The Balaban J connectivity index is 2.01. The lowest BCUT2D eigenvalue weighted by Crippen LogP contribution is -2.49. The van der Waals surface area contributed by atoms with Gasteiger partial charge in [0.1, 0.15) is 0 Å². The summed E-state index contributed by atoms with van der Waals surface area (Å²) in [6.07, 6.45) is -4.72. The second kappa shape index (κ2) is 6.24. The number of rotatable bonds is 2. The first-order valence-electron chi connectivity index (χ1n) is 6.75. The molecule has 0 aromatic heterocycles. The molecule has 0 unspecified atom stereocenters. The Morgan fingerprint density at radius 2 is 1.90 bits per heavy atom. The zero-order valence-corrected chi connectivity index (χ0v) is 11.7. The number of ether oxygens (including phenoxy) is 1. The maximum absolute atomic E-state index is 12.7. The Morgan fingerprint density at radius 1 is 1.24 bits per heavy atom. The fourth-order valence-electron chi connectivity index (χ4n) is 2.24. The molecule has 0 radical (unpaired) electrons. The zero-order valence-electron chi connectivity index (χ0n) is 11.7. The van der Waals surface area contributed by atoms with E-state index < -0.39 is 11.7 Å². The lowest BCUT2D eigenvalue weighted by atomic mass is 10.1. The van der Waals surface area contributed by atoms with Crippen molar-refractivity contribution in [2.75, 3.05) is 37.7 Å². The highest BCUT2D eigenvalue weighted by Gasteiger charge is 2.31. The number of hydrogen-bond acceptors (Lipinski definition) is 3. The molecule has 21 heavy (non-hydrogen) atoms. The number of carbonyl (C=O) groups excluding carboxylic acids is 1. The average Bonchev–Trinajstić information content (AvgIpc) is 2.47. The van der Waals surface area contributed by atoms with Gasteiger partial charge in [-0.15, -0.1) is 0 Å². The molecule has 1 aliphatic rings. The largest absolute Gasteiger partial charge is 0.450 e. The number of benzene rings is 1. The van der Waals surface area contributed by atoms with Crippen LogP contribution >= 0.6 is 0 Å². The molecule has 0 aliphatic carbocycles. The highest BCUT2D eigenvalue weighted by atomic mass is 19.4. The minimum Gasteiger partial charge on any atom is -0.450 e. The molecule has 2 rings (SSSR count). The predicted octanol–water partition coefficient (Wildman–Crippen LogP) is 2.98. The van der Waals surface area contributed by atoms with E-state index in [1.165, 1.54) is 6.07 Å². The maximum atomic E-state index is 12.7. The monoisotopic (exact) mass is 302 g/mol. The number of nitrogens with zero attached hydrogens (tertiary/aromatic N) is 2. The van der Waals surface area contributed by atoms with Crippen LogP contribution in [0.4, 0.5) is 23.7 Å². The zero-order chi connectivity index (χ0) is 15.5. The summed E-state index contributed by atoms with van der Waals surface area (Å²) in [6, 6.07) is 5.24. The van der Waals surface area contributed by atoms with Crippen molar-refractivity contribution in [1.82, 2.24) is 4.90 Å². The van der Waals surface area contributed by atoms with Crippen molar-refractivity contribution >= 4 is 11.8 Å².